The van der Waals surface area contributed by atoms with Gasteiger partial charge in [-0.15, -0.1) is 10.2 Å². The van der Waals surface area contributed by atoms with E-state index in [2.05, 4.69) is 25.6 Å². The highest BCUT2D eigenvalue weighted by Gasteiger charge is 2.22. The molecule has 0 radical (unpaired) electrons. The number of tetrazole rings is 1. The number of nitrogens with one attached hydrogen (secondary N) is 1. The maximum Gasteiger partial charge on any atom is 0.508 e. The number of aromatic amines is 1. The Kier molecular flexibility index (Phi) is 9.04. The summed E-state index contributed by atoms with van der Waals surface area (Å²) in [4.78, 5) is 29.9. The molecule has 1 N–H and O–H groups in total. The number of ether oxygens (including phenoxy) is 4. The molecule has 13 nitrogen and oxygen atoms in total. The SMILES string of the molecule is CCOc1nc2cccc(C(=O)OCCOC(=O)OC3CCCCC3)c2n1Cc1ccc(-n2cc(C)cc2-c2nn[nH]n2)cc1. The van der Waals surface area contributed by atoms with Crippen molar-refractivity contribution in [1.82, 2.24) is 34.7 Å². The van der Waals surface area contributed by atoms with Crippen LogP contribution in [0.1, 0.15) is 60.5 Å². The molecule has 0 bridgehead atoms. The van der Waals surface area contributed by atoms with Gasteiger partial charge in [-0.2, -0.15) is 10.2 Å². The highest BCUT2D eigenvalue weighted by Crippen LogP contribution is 2.28. The zero-order valence-corrected chi connectivity index (χ0v) is 25.3. The zero-order valence-electron chi connectivity index (χ0n) is 25.3. The molecule has 1 aliphatic carbocycles. The first kappa shape index (κ1) is 29.9. The number of aryl methyl sites for hydroxylation is 1. The largest absolute Gasteiger partial charge is 0.508 e. The predicted molar refractivity (Wildman–Crippen MR) is 163 cm³/mol. The number of carbonyl (C=O) groups is 2. The number of hydrogen-bond donors (Lipinski definition) is 1. The number of H-pyrrole nitrogens is 1. The number of fused-ring (bicyclic) bond motifs is 1. The summed E-state index contributed by atoms with van der Waals surface area (Å²) >= 11 is 0. The molecule has 0 amide bonds. The summed E-state index contributed by atoms with van der Waals surface area (Å²) in [6.07, 6.45) is 6.14. The summed E-state index contributed by atoms with van der Waals surface area (Å²) in [6, 6.07) is 15.7. The average molecular weight is 614 g/mol. The summed E-state index contributed by atoms with van der Waals surface area (Å²) in [5, 5.41) is 14.4. The lowest BCUT2D eigenvalue weighted by Gasteiger charge is -2.21. The van der Waals surface area contributed by atoms with Gasteiger partial charge in [-0.05, 0) is 86.2 Å². The Morgan fingerprint density at radius 2 is 1.82 bits per heavy atom. The van der Waals surface area contributed by atoms with E-state index in [-0.39, 0.29) is 19.3 Å². The first-order chi connectivity index (χ1) is 22.0. The molecule has 13 heteroatoms. The van der Waals surface area contributed by atoms with Crippen molar-refractivity contribution in [3.63, 3.8) is 0 Å². The minimum Gasteiger partial charge on any atom is -0.465 e. The fourth-order valence-electron chi connectivity index (χ4n) is 5.60. The molecule has 1 saturated carbocycles. The molecule has 45 heavy (non-hydrogen) atoms. The van der Waals surface area contributed by atoms with Gasteiger partial charge < -0.3 is 23.5 Å². The third-order valence-electron chi connectivity index (χ3n) is 7.66. The number of nitrogens with zero attached hydrogens (tertiary/aromatic N) is 6. The lowest BCUT2D eigenvalue weighted by atomic mass is 9.98. The van der Waals surface area contributed by atoms with Crippen LogP contribution in [0.3, 0.4) is 0 Å². The van der Waals surface area contributed by atoms with E-state index in [1.54, 1.807) is 12.1 Å². The van der Waals surface area contributed by atoms with Crippen LogP contribution in [0, 0.1) is 6.92 Å². The molecule has 3 aromatic heterocycles. The third-order valence-corrected chi connectivity index (χ3v) is 7.66. The van der Waals surface area contributed by atoms with Crippen LogP contribution in [0.15, 0.2) is 54.7 Å². The van der Waals surface area contributed by atoms with Gasteiger partial charge in [-0.3, -0.25) is 4.57 Å². The summed E-state index contributed by atoms with van der Waals surface area (Å²) in [5.41, 5.74) is 5.31. The quantitative estimate of drug-likeness (QED) is 0.151. The summed E-state index contributed by atoms with van der Waals surface area (Å²) < 4.78 is 25.7. The maximum absolute atomic E-state index is 13.2. The Bertz CT molecular complexity index is 1750. The molecule has 1 fully saturated rings. The smallest absolute Gasteiger partial charge is 0.465 e. The van der Waals surface area contributed by atoms with E-state index in [1.165, 1.54) is 0 Å². The Labute approximate surface area is 259 Å². The van der Waals surface area contributed by atoms with E-state index in [0.29, 0.717) is 41.6 Å². The predicted octanol–water partition coefficient (Wildman–Crippen LogP) is 5.41. The van der Waals surface area contributed by atoms with Crippen molar-refractivity contribution < 1.29 is 28.5 Å². The topological polar surface area (TPSA) is 148 Å². The normalized spacial score (nSPS) is 13.6. The van der Waals surface area contributed by atoms with Crippen LogP contribution in [-0.4, -0.2) is 72.8 Å². The standard InChI is InChI=1S/C32H35N7O6/c1-3-42-31-33-26-11-7-10-25(30(40)43-16-17-44-32(41)45-24-8-5-4-6-9-24)28(26)39(31)20-22-12-14-23(15-13-22)38-19-21(2)18-27(38)29-34-36-37-35-29/h7,10-15,18-19,24H,3-6,8-9,16-17,20H2,1-2H3,(H,34,35,36,37). The fourth-order valence-corrected chi connectivity index (χ4v) is 5.60. The number of rotatable bonds is 11. The Balaban J connectivity index is 1.17. The van der Waals surface area contributed by atoms with Gasteiger partial charge in [0.05, 0.1) is 35.4 Å². The number of benzene rings is 2. The van der Waals surface area contributed by atoms with Gasteiger partial charge in [0.25, 0.3) is 6.01 Å². The van der Waals surface area contributed by atoms with Crippen LogP contribution >= 0.6 is 0 Å². The number of hydrogen-bond acceptors (Lipinski definition) is 10. The monoisotopic (exact) mass is 613 g/mol. The number of esters is 1. The zero-order chi connectivity index (χ0) is 31.2. The van der Waals surface area contributed by atoms with Crippen molar-refractivity contribution in [3.05, 3.63) is 71.4 Å². The maximum atomic E-state index is 13.2. The number of para-hydroxylation sites is 1. The molecule has 0 unspecified atom stereocenters. The highest BCUT2D eigenvalue weighted by molar-refractivity contribution is 6.02. The number of aromatic nitrogens is 7. The Morgan fingerprint density at radius 1 is 1.02 bits per heavy atom. The molecular weight excluding hydrogens is 578 g/mol. The van der Waals surface area contributed by atoms with Gasteiger partial charge in [0.2, 0.25) is 5.82 Å². The van der Waals surface area contributed by atoms with Crippen LogP contribution in [-0.2, 0) is 20.8 Å². The highest BCUT2D eigenvalue weighted by atomic mass is 16.7. The molecule has 0 aliphatic heterocycles. The van der Waals surface area contributed by atoms with Crippen LogP contribution < -0.4 is 4.74 Å². The first-order valence-corrected chi connectivity index (χ1v) is 15.1. The molecule has 0 saturated heterocycles. The summed E-state index contributed by atoms with van der Waals surface area (Å²) in [6.45, 7) is 4.49. The van der Waals surface area contributed by atoms with Gasteiger partial charge >= 0.3 is 12.1 Å². The molecule has 3 heterocycles. The fraction of sp³-hybridized carbons (Fsp3) is 0.375. The lowest BCUT2D eigenvalue weighted by Crippen LogP contribution is -2.23. The van der Waals surface area contributed by atoms with E-state index in [0.717, 1.165) is 54.6 Å². The number of carbonyl (C=O) groups excluding carboxylic acids is 2. The van der Waals surface area contributed by atoms with Crippen molar-refractivity contribution >= 4 is 23.2 Å². The van der Waals surface area contributed by atoms with Gasteiger partial charge in [-0.1, -0.05) is 24.6 Å². The van der Waals surface area contributed by atoms with Gasteiger partial charge in [0, 0.05) is 11.9 Å². The van der Waals surface area contributed by atoms with Crippen LogP contribution in [0.5, 0.6) is 6.01 Å². The summed E-state index contributed by atoms with van der Waals surface area (Å²) in [5.74, 6) is -0.0508. The second kappa shape index (κ2) is 13.6. The minimum absolute atomic E-state index is 0.0988. The van der Waals surface area contributed by atoms with Crippen LogP contribution in [0.4, 0.5) is 4.79 Å². The van der Waals surface area contributed by atoms with E-state index in [9.17, 15) is 9.59 Å². The molecule has 0 atom stereocenters. The second-order valence-electron chi connectivity index (χ2n) is 10.9. The van der Waals surface area contributed by atoms with Crippen molar-refractivity contribution in [3.8, 4) is 23.2 Å². The first-order valence-electron chi connectivity index (χ1n) is 15.1. The van der Waals surface area contributed by atoms with Gasteiger partial charge in [0.1, 0.15) is 19.3 Å². The minimum atomic E-state index is -0.733. The van der Waals surface area contributed by atoms with Crippen molar-refractivity contribution in [2.45, 2.75) is 58.6 Å². The lowest BCUT2D eigenvalue weighted by molar-refractivity contribution is -0.00178. The molecular formula is C32H35N7O6. The van der Waals surface area contributed by atoms with Crippen molar-refractivity contribution in [2.75, 3.05) is 19.8 Å². The van der Waals surface area contributed by atoms with E-state index < -0.39 is 12.1 Å². The van der Waals surface area contributed by atoms with E-state index >= 15 is 0 Å². The summed E-state index contributed by atoms with van der Waals surface area (Å²) in [7, 11) is 0. The Morgan fingerprint density at radius 3 is 2.58 bits per heavy atom. The Hall–Kier alpha value is -5.20. The number of imidazole rings is 1. The average Bonchev–Trinajstić information content (AvgIpc) is 3.80. The second-order valence-corrected chi connectivity index (χ2v) is 10.9. The third kappa shape index (κ3) is 6.82. The van der Waals surface area contributed by atoms with Crippen molar-refractivity contribution in [1.29, 1.82) is 0 Å². The molecule has 1 aliphatic rings. The van der Waals surface area contributed by atoms with E-state index in [1.807, 2.05) is 65.6 Å². The van der Waals surface area contributed by atoms with E-state index in [4.69, 9.17) is 18.9 Å². The van der Waals surface area contributed by atoms with Crippen LogP contribution in [0.25, 0.3) is 28.2 Å². The van der Waals surface area contributed by atoms with Gasteiger partial charge in [0.15, 0.2) is 0 Å². The van der Waals surface area contributed by atoms with Crippen LogP contribution in [0.2, 0.25) is 0 Å². The molecule has 0 spiro atoms. The van der Waals surface area contributed by atoms with Gasteiger partial charge in [-0.25, -0.2) is 9.59 Å². The van der Waals surface area contributed by atoms with Crippen molar-refractivity contribution in [2.24, 2.45) is 0 Å². The molecule has 5 aromatic rings. The molecule has 6 rings (SSSR count). The molecule has 234 valence electrons. The molecule has 2 aromatic carbocycles.